The van der Waals surface area contributed by atoms with Crippen LogP contribution in [-0.2, 0) is 6.42 Å². The van der Waals surface area contributed by atoms with Crippen molar-refractivity contribution in [1.29, 1.82) is 0 Å². The van der Waals surface area contributed by atoms with Crippen molar-refractivity contribution < 1.29 is 4.39 Å². The minimum Gasteiger partial charge on any atom is -0.378 e. The predicted octanol–water partition coefficient (Wildman–Crippen LogP) is 4.31. The summed E-state index contributed by atoms with van der Waals surface area (Å²) < 4.78 is 15.6. The maximum absolute atomic E-state index is 14.3. The molecule has 4 heteroatoms. The van der Waals surface area contributed by atoms with Crippen molar-refractivity contribution >= 4 is 27.1 Å². The zero-order chi connectivity index (χ0) is 15.1. The molecule has 2 fully saturated rings. The van der Waals surface area contributed by atoms with Gasteiger partial charge in [0.2, 0.25) is 0 Å². The fourth-order valence-electron chi connectivity index (χ4n) is 3.43. The number of hydrogen-bond acceptors (Lipinski definition) is 3. The summed E-state index contributed by atoms with van der Waals surface area (Å²) in [7, 11) is 1.99. The topological polar surface area (TPSA) is 15.3 Å². The number of halogens is 1. The van der Waals surface area contributed by atoms with Gasteiger partial charge in [-0.2, -0.15) is 0 Å². The minimum atomic E-state index is -0.792. The minimum absolute atomic E-state index is 0.0595. The molecule has 1 saturated heterocycles. The van der Waals surface area contributed by atoms with Gasteiger partial charge in [0, 0.05) is 13.1 Å². The first-order valence-electron chi connectivity index (χ1n) is 8.29. The molecule has 1 N–H and O–H groups in total. The van der Waals surface area contributed by atoms with Crippen LogP contribution >= 0.6 is 11.3 Å². The zero-order valence-electron chi connectivity index (χ0n) is 13.0. The van der Waals surface area contributed by atoms with Crippen LogP contribution in [0.5, 0.6) is 0 Å². The molecular weight excluding hydrogens is 295 g/mol. The lowest BCUT2D eigenvalue weighted by molar-refractivity contribution is 0.149. The summed E-state index contributed by atoms with van der Waals surface area (Å²) in [6, 6.07) is 6.37. The number of fused-ring (bicyclic) bond motifs is 1. The molecule has 1 saturated carbocycles. The third kappa shape index (κ3) is 2.86. The molecule has 118 valence electrons. The van der Waals surface area contributed by atoms with E-state index in [-0.39, 0.29) is 6.04 Å². The second-order valence-electron chi connectivity index (χ2n) is 6.91. The van der Waals surface area contributed by atoms with Gasteiger partial charge in [0.15, 0.2) is 0 Å². The Labute approximate surface area is 135 Å². The van der Waals surface area contributed by atoms with Crippen LogP contribution < -0.4 is 5.32 Å². The molecule has 0 radical (unpaired) electrons. The summed E-state index contributed by atoms with van der Waals surface area (Å²) in [5, 5.41) is 7.15. The number of anilines is 1. The average molecular weight is 318 g/mol. The maximum atomic E-state index is 14.3. The van der Waals surface area contributed by atoms with Gasteiger partial charge in [0.25, 0.3) is 0 Å². The summed E-state index contributed by atoms with van der Waals surface area (Å²) in [4.78, 5) is 2.07. The number of rotatable bonds is 4. The summed E-state index contributed by atoms with van der Waals surface area (Å²) in [5.41, 5.74) is 2.59. The SMILES string of the molecule is CN1CC[C@H](Nc2cccc3c(CC4CC4)csc23)[C@H](F)C1. The maximum Gasteiger partial charge on any atom is 0.133 e. The van der Waals surface area contributed by atoms with Gasteiger partial charge in [0.1, 0.15) is 6.17 Å². The Morgan fingerprint density at radius 3 is 2.95 bits per heavy atom. The number of alkyl halides is 1. The second kappa shape index (κ2) is 5.82. The zero-order valence-corrected chi connectivity index (χ0v) is 13.8. The molecule has 2 heterocycles. The standard InChI is InChI=1S/C18H23FN2S/c1-21-8-7-16(15(19)10-21)20-17-4-2-3-14-13(9-12-5-6-12)11-22-18(14)17/h2-4,11-12,15-16,20H,5-10H2,1H3/t15-,16+/m1/s1. The van der Waals surface area contributed by atoms with Gasteiger partial charge in [-0.15, -0.1) is 11.3 Å². The first kappa shape index (κ1) is 14.5. The van der Waals surface area contributed by atoms with E-state index in [1.807, 2.05) is 7.05 Å². The molecule has 2 nitrogen and oxygen atoms in total. The highest BCUT2D eigenvalue weighted by molar-refractivity contribution is 7.18. The van der Waals surface area contributed by atoms with E-state index in [1.54, 1.807) is 11.3 Å². The van der Waals surface area contributed by atoms with Crippen molar-refractivity contribution in [1.82, 2.24) is 4.90 Å². The molecule has 0 bridgehead atoms. The number of hydrogen-bond donors (Lipinski definition) is 1. The molecule has 22 heavy (non-hydrogen) atoms. The third-order valence-electron chi connectivity index (χ3n) is 4.97. The van der Waals surface area contributed by atoms with Crippen LogP contribution in [0, 0.1) is 5.92 Å². The Bertz CT molecular complexity index is 664. The van der Waals surface area contributed by atoms with Gasteiger partial charge in [-0.05, 0) is 61.0 Å². The summed E-state index contributed by atoms with van der Waals surface area (Å²) in [5.74, 6) is 0.901. The van der Waals surface area contributed by atoms with E-state index in [4.69, 9.17) is 0 Å². The van der Waals surface area contributed by atoms with E-state index in [9.17, 15) is 4.39 Å². The van der Waals surface area contributed by atoms with E-state index in [2.05, 4.69) is 33.8 Å². The summed E-state index contributed by atoms with van der Waals surface area (Å²) >= 11 is 1.81. The smallest absolute Gasteiger partial charge is 0.133 e. The lowest BCUT2D eigenvalue weighted by atomic mass is 10.0. The van der Waals surface area contributed by atoms with Gasteiger partial charge in [-0.3, -0.25) is 0 Å². The van der Waals surface area contributed by atoms with E-state index in [0.717, 1.165) is 24.6 Å². The number of benzene rings is 1. The molecule has 1 aromatic heterocycles. The summed E-state index contributed by atoms with van der Waals surface area (Å²) in [6.45, 7) is 1.50. The number of thiophene rings is 1. The van der Waals surface area contributed by atoms with Crippen molar-refractivity contribution in [3.05, 3.63) is 29.1 Å². The Morgan fingerprint density at radius 2 is 2.18 bits per heavy atom. The van der Waals surface area contributed by atoms with Gasteiger partial charge in [-0.1, -0.05) is 12.1 Å². The third-order valence-corrected chi connectivity index (χ3v) is 6.05. The average Bonchev–Trinajstić information content (AvgIpc) is 3.22. The highest BCUT2D eigenvalue weighted by Gasteiger charge is 2.28. The van der Waals surface area contributed by atoms with E-state index in [0.29, 0.717) is 6.54 Å². The molecule has 0 amide bonds. The van der Waals surface area contributed by atoms with Crippen LogP contribution in [0.2, 0.25) is 0 Å². The lowest BCUT2D eigenvalue weighted by Crippen LogP contribution is -2.46. The van der Waals surface area contributed by atoms with E-state index >= 15 is 0 Å². The van der Waals surface area contributed by atoms with Crippen LogP contribution in [0.15, 0.2) is 23.6 Å². The Hall–Kier alpha value is -1.13. The lowest BCUT2D eigenvalue weighted by Gasteiger charge is -2.33. The first-order chi connectivity index (χ1) is 10.7. The quantitative estimate of drug-likeness (QED) is 0.904. The van der Waals surface area contributed by atoms with Crippen molar-refractivity contribution in [2.75, 3.05) is 25.5 Å². The van der Waals surface area contributed by atoms with Crippen molar-refractivity contribution in [3.63, 3.8) is 0 Å². The van der Waals surface area contributed by atoms with Crippen LogP contribution in [-0.4, -0.2) is 37.3 Å². The molecule has 0 spiro atoms. The fourth-order valence-corrected chi connectivity index (χ4v) is 4.50. The van der Waals surface area contributed by atoms with Gasteiger partial charge in [-0.25, -0.2) is 4.39 Å². The summed E-state index contributed by atoms with van der Waals surface area (Å²) in [6.07, 6.45) is 4.06. The van der Waals surface area contributed by atoms with E-state index < -0.39 is 6.17 Å². The molecule has 2 aromatic rings. The molecule has 1 aliphatic heterocycles. The molecular formula is C18H23FN2S. The largest absolute Gasteiger partial charge is 0.378 e. The van der Waals surface area contributed by atoms with Crippen molar-refractivity contribution in [3.8, 4) is 0 Å². The normalized spacial score (nSPS) is 26.5. The highest BCUT2D eigenvalue weighted by atomic mass is 32.1. The predicted molar refractivity (Wildman–Crippen MR) is 92.7 cm³/mol. The van der Waals surface area contributed by atoms with Crippen molar-refractivity contribution in [2.45, 2.75) is 37.9 Å². The molecule has 2 aliphatic rings. The molecule has 1 aliphatic carbocycles. The van der Waals surface area contributed by atoms with Gasteiger partial charge in [0.05, 0.1) is 16.4 Å². The molecule has 1 aromatic carbocycles. The van der Waals surface area contributed by atoms with Crippen LogP contribution in [0.1, 0.15) is 24.8 Å². The molecule has 0 unspecified atom stereocenters. The number of piperidine rings is 1. The fraction of sp³-hybridized carbons (Fsp3) is 0.556. The first-order valence-corrected chi connectivity index (χ1v) is 9.17. The van der Waals surface area contributed by atoms with Crippen LogP contribution in [0.4, 0.5) is 10.1 Å². The Balaban J connectivity index is 1.57. The number of nitrogens with one attached hydrogen (secondary N) is 1. The van der Waals surface area contributed by atoms with Crippen molar-refractivity contribution in [2.24, 2.45) is 5.92 Å². The number of likely N-dealkylation sites (tertiary alicyclic amines) is 1. The van der Waals surface area contributed by atoms with Gasteiger partial charge >= 0.3 is 0 Å². The number of nitrogens with zero attached hydrogens (tertiary/aromatic N) is 1. The Morgan fingerprint density at radius 1 is 1.32 bits per heavy atom. The van der Waals surface area contributed by atoms with E-state index in [1.165, 1.54) is 34.9 Å². The molecule has 2 atom stereocenters. The molecule has 4 rings (SSSR count). The Kier molecular flexibility index (Phi) is 3.82. The highest BCUT2D eigenvalue weighted by Crippen LogP contribution is 2.39. The monoisotopic (exact) mass is 318 g/mol. The van der Waals surface area contributed by atoms with Crippen LogP contribution in [0.25, 0.3) is 10.1 Å². The van der Waals surface area contributed by atoms with Gasteiger partial charge < -0.3 is 10.2 Å². The second-order valence-corrected chi connectivity index (χ2v) is 7.79. The van der Waals surface area contributed by atoms with Crippen LogP contribution in [0.3, 0.4) is 0 Å².